The number of nitrogens with one attached hydrogen (secondary N) is 1. The van der Waals surface area contributed by atoms with Gasteiger partial charge in [-0.3, -0.25) is 4.79 Å². The minimum Gasteiger partial charge on any atom is -0.353 e. The van der Waals surface area contributed by atoms with Crippen LogP contribution in [0.15, 0.2) is 42.5 Å². The third-order valence-electron chi connectivity index (χ3n) is 6.11. The molecule has 8 nitrogen and oxygen atoms in total. The van der Waals surface area contributed by atoms with Crippen molar-refractivity contribution in [2.75, 3.05) is 44.2 Å². The van der Waals surface area contributed by atoms with E-state index in [1.807, 2.05) is 68.1 Å². The number of hydrogen-bond acceptors (Lipinski definition) is 5. The maximum atomic E-state index is 13.1. The van der Waals surface area contributed by atoms with Crippen LogP contribution < -0.4 is 10.2 Å². The van der Waals surface area contributed by atoms with Crippen LogP contribution in [0.5, 0.6) is 0 Å². The van der Waals surface area contributed by atoms with Gasteiger partial charge in [-0.05, 0) is 38.3 Å². The summed E-state index contributed by atoms with van der Waals surface area (Å²) in [6.07, 6.45) is 2.52. The predicted molar refractivity (Wildman–Crippen MR) is 131 cm³/mol. The lowest BCUT2D eigenvalue weighted by Crippen LogP contribution is -2.50. The average Bonchev–Trinajstić information content (AvgIpc) is 3.12. The van der Waals surface area contributed by atoms with Crippen LogP contribution in [0.3, 0.4) is 0 Å². The molecule has 2 aromatic rings. The van der Waals surface area contributed by atoms with Crippen molar-refractivity contribution in [2.24, 2.45) is 0 Å². The third kappa shape index (κ3) is 6.66. The van der Waals surface area contributed by atoms with Crippen LogP contribution in [0.2, 0.25) is 0 Å². The van der Waals surface area contributed by atoms with Gasteiger partial charge in [-0.25, -0.2) is 4.79 Å². The minimum atomic E-state index is -0.162. The van der Waals surface area contributed by atoms with E-state index in [1.165, 1.54) is 0 Å². The molecule has 1 unspecified atom stereocenters. The Morgan fingerprint density at radius 2 is 1.82 bits per heavy atom. The molecule has 1 N–H and O–H groups in total. The topological polar surface area (TPSA) is 81.7 Å². The lowest BCUT2D eigenvalue weighted by molar-refractivity contribution is -0.132. The number of carbonyl (C=O) groups is 2. The molecular formula is C25H36N6O2. The fourth-order valence-electron chi connectivity index (χ4n) is 3.88. The first-order chi connectivity index (χ1) is 16.0. The van der Waals surface area contributed by atoms with Crippen LogP contribution in [-0.4, -0.2) is 77.2 Å². The van der Waals surface area contributed by atoms with Gasteiger partial charge in [-0.15, -0.1) is 10.2 Å². The van der Waals surface area contributed by atoms with E-state index in [9.17, 15) is 9.59 Å². The van der Waals surface area contributed by atoms with Gasteiger partial charge in [0, 0.05) is 44.3 Å². The second-order valence-electron chi connectivity index (χ2n) is 8.48. The predicted octanol–water partition coefficient (Wildman–Crippen LogP) is 3.40. The first-order valence-electron chi connectivity index (χ1n) is 12.0. The van der Waals surface area contributed by atoms with Gasteiger partial charge in [0.05, 0.1) is 5.69 Å². The highest BCUT2D eigenvalue weighted by Crippen LogP contribution is 2.19. The number of aromatic nitrogens is 2. The lowest BCUT2D eigenvalue weighted by Gasteiger charge is -2.31. The molecule has 0 radical (unpaired) electrons. The Labute approximate surface area is 197 Å². The maximum absolute atomic E-state index is 13.1. The molecule has 0 saturated carbocycles. The monoisotopic (exact) mass is 452 g/mol. The zero-order chi connectivity index (χ0) is 23.6. The van der Waals surface area contributed by atoms with Crippen LogP contribution in [0.1, 0.15) is 40.0 Å². The molecule has 0 spiro atoms. The highest BCUT2D eigenvalue weighted by molar-refractivity contribution is 5.84. The van der Waals surface area contributed by atoms with Crippen LogP contribution >= 0.6 is 0 Å². The number of rotatable bonds is 8. The van der Waals surface area contributed by atoms with Crippen LogP contribution in [-0.2, 0) is 4.79 Å². The van der Waals surface area contributed by atoms with Gasteiger partial charge >= 0.3 is 6.03 Å². The van der Waals surface area contributed by atoms with Gasteiger partial charge in [-0.1, -0.05) is 44.2 Å². The van der Waals surface area contributed by atoms with Gasteiger partial charge in [0.15, 0.2) is 5.82 Å². The van der Waals surface area contributed by atoms with Crippen molar-refractivity contribution >= 4 is 17.8 Å². The standard InChI is InChI=1S/C25H36N6O2/c1-4-14-26-25(33)31(20(3)5-2)19-24(32)30-16-9-15-29(17-18-30)23-13-12-22(27-28-23)21-10-7-6-8-11-21/h6-8,10-13,20H,4-5,9,14-19H2,1-3H3,(H,26,33). The zero-order valence-corrected chi connectivity index (χ0v) is 20.0. The van der Waals surface area contributed by atoms with Crippen LogP contribution in [0.25, 0.3) is 11.3 Å². The molecule has 1 atom stereocenters. The molecular weight excluding hydrogens is 416 g/mol. The van der Waals surface area contributed by atoms with Crippen molar-refractivity contribution < 1.29 is 9.59 Å². The highest BCUT2D eigenvalue weighted by atomic mass is 16.2. The fraction of sp³-hybridized carbons (Fsp3) is 0.520. The molecule has 2 heterocycles. The molecule has 3 rings (SSSR count). The molecule has 3 amide bonds. The van der Waals surface area contributed by atoms with E-state index >= 15 is 0 Å². The van der Waals surface area contributed by atoms with Crippen molar-refractivity contribution in [1.29, 1.82) is 0 Å². The number of carbonyl (C=O) groups excluding carboxylic acids is 2. The molecule has 33 heavy (non-hydrogen) atoms. The molecule has 1 aromatic heterocycles. The molecule has 1 aromatic carbocycles. The zero-order valence-electron chi connectivity index (χ0n) is 20.0. The number of anilines is 1. The van der Waals surface area contributed by atoms with Crippen molar-refractivity contribution in [3.8, 4) is 11.3 Å². The van der Waals surface area contributed by atoms with Crippen molar-refractivity contribution in [3.05, 3.63) is 42.5 Å². The Kier molecular flexibility index (Phi) is 9.04. The SMILES string of the molecule is CCCNC(=O)N(CC(=O)N1CCCN(c2ccc(-c3ccccc3)nn2)CC1)C(C)CC. The summed E-state index contributed by atoms with van der Waals surface area (Å²) in [5.74, 6) is 0.818. The summed E-state index contributed by atoms with van der Waals surface area (Å²) in [7, 11) is 0. The minimum absolute atomic E-state index is 0.00527. The number of benzene rings is 1. The van der Waals surface area contributed by atoms with E-state index in [4.69, 9.17) is 0 Å². The van der Waals surface area contributed by atoms with Crippen molar-refractivity contribution in [1.82, 2.24) is 25.3 Å². The van der Waals surface area contributed by atoms with Gasteiger partial charge in [-0.2, -0.15) is 0 Å². The highest BCUT2D eigenvalue weighted by Gasteiger charge is 2.26. The van der Waals surface area contributed by atoms with Crippen molar-refractivity contribution in [2.45, 2.75) is 46.1 Å². The van der Waals surface area contributed by atoms with E-state index in [-0.39, 0.29) is 24.5 Å². The lowest BCUT2D eigenvalue weighted by atomic mass is 10.1. The van der Waals surface area contributed by atoms with E-state index in [0.717, 1.165) is 42.9 Å². The summed E-state index contributed by atoms with van der Waals surface area (Å²) in [4.78, 5) is 31.3. The smallest absolute Gasteiger partial charge is 0.318 e. The Balaban J connectivity index is 1.59. The van der Waals surface area contributed by atoms with Gasteiger partial charge in [0.1, 0.15) is 6.54 Å². The first kappa shape index (κ1) is 24.5. The number of amides is 3. The summed E-state index contributed by atoms with van der Waals surface area (Å²) < 4.78 is 0. The molecule has 1 aliphatic rings. The summed E-state index contributed by atoms with van der Waals surface area (Å²) in [6, 6.07) is 13.8. The first-order valence-corrected chi connectivity index (χ1v) is 12.0. The van der Waals surface area contributed by atoms with E-state index < -0.39 is 0 Å². The van der Waals surface area contributed by atoms with Gasteiger partial charge in [0.2, 0.25) is 5.91 Å². The van der Waals surface area contributed by atoms with Gasteiger partial charge in [0.25, 0.3) is 0 Å². The van der Waals surface area contributed by atoms with E-state index in [2.05, 4.69) is 20.4 Å². The number of hydrogen-bond donors (Lipinski definition) is 1. The Bertz CT molecular complexity index is 890. The molecule has 178 valence electrons. The largest absolute Gasteiger partial charge is 0.353 e. The fourth-order valence-corrected chi connectivity index (χ4v) is 3.88. The molecule has 1 fully saturated rings. The summed E-state index contributed by atoms with van der Waals surface area (Å²) in [5.41, 5.74) is 1.88. The molecule has 8 heteroatoms. The summed E-state index contributed by atoms with van der Waals surface area (Å²) in [6.45, 7) is 9.54. The second-order valence-corrected chi connectivity index (χ2v) is 8.48. The average molecular weight is 453 g/mol. The van der Waals surface area contributed by atoms with E-state index in [0.29, 0.717) is 26.2 Å². The summed E-state index contributed by atoms with van der Waals surface area (Å²) >= 11 is 0. The maximum Gasteiger partial charge on any atom is 0.318 e. The van der Waals surface area contributed by atoms with Gasteiger partial charge < -0.3 is 20.0 Å². The Morgan fingerprint density at radius 3 is 2.48 bits per heavy atom. The molecule has 1 aliphatic heterocycles. The quantitative estimate of drug-likeness (QED) is 0.664. The second kappa shape index (κ2) is 12.2. The normalized spacial score (nSPS) is 15.0. The van der Waals surface area contributed by atoms with Crippen molar-refractivity contribution in [3.63, 3.8) is 0 Å². The molecule has 0 bridgehead atoms. The third-order valence-corrected chi connectivity index (χ3v) is 6.11. The number of urea groups is 1. The Hall–Kier alpha value is -3.16. The number of nitrogens with zero attached hydrogens (tertiary/aromatic N) is 5. The van der Waals surface area contributed by atoms with Crippen LogP contribution in [0, 0.1) is 0 Å². The van der Waals surface area contributed by atoms with Crippen LogP contribution in [0.4, 0.5) is 10.6 Å². The molecule has 0 aliphatic carbocycles. The van der Waals surface area contributed by atoms with E-state index in [1.54, 1.807) is 4.90 Å². The molecule has 1 saturated heterocycles. The Morgan fingerprint density at radius 1 is 1.03 bits per heavy atom. The summed E-state index contributed by atoms with van der Waals surface area (Å²) in [5, 5.41) is 11.7.